The summed E-state index contributed by atoms with van der Waals surface area (Å²) in [7, 11) is 0. The topological polar surface area (TPSA) is 99.6 Å². The molecular formula is C26H39N3O6S. The summed E-state index contributed by atoms with van der Waals surface area (Å²) in [4.78, 5) is 46.9. The maximum atomic E-state index is 14.2. The van der Waals surface area contributed by atoms with Crippen molar-refractivity contribution >= 4 is 29.5 Å². The molecule has 5 atom stereocenters. The number of aliphatic hydroxyl groups excluding tert-OH is 1. The smallest absolute Gasteiger partial charge is 0.311 e. The molecule has 0 aromatic carbocycles. The highest BCUT2D eigenvalue weighted by Gasteiger charge is 2.74. The predicted octanol–water partition coefficient (Wildman–Crippen LogP) is 0.926. The van der Waals surface area contributed by atoms with Gasteiger partial charge in [0.2, 0.25) is 11.8 Å². The third-order valence-electron chi connectivity index (χ3n) is 7.91. The van der Waals surface area contributed by atoms with Crippen molar-refractivity contribution in [2.45, 2.75) is 41.7 Å². The zero-order chi connectivity index (χ0) is 25.7. The summed E-state index contributed by atoms with van der Waals surface area (Å²) in [5.41, 5.74) is 0. The van der Waals surface area contributed by atoms with E-state index in [1.54, 1.807) is 22.7 Å². The molecule has 4 saturated heterocycles. The van der Waals surface area contributed by atoms with Gasteiger partial charge in [-0.3, -0.25) is 19.3 Å². The molecule has 4 heterocycles. The van der Waals surface area contributed by atoms with Gasteiger partial charge in [-0.05, 0) is 25.7 Å². The summed E-state index contributed by atoms with van der Waals surface area (Å²) >= 11 is 1.65. The van der Waals surface area contributed by atoms with E-state index in [9.17, 15) is 19.5 Å². The van der Waals surface area contributed by atoms with E-state index in [-0.39, 0.29) is 36.2 Å². The molecule has 2 unspecified atom stereocenters. The van der Waals surface area contributed by atoms with E-state index in [0.29, 0.717) is 45.7 Å². The second-order valence-corrected chi connectivity index (χ2v) is 11.6. The van der Waals surface area contributed by atoms with Crippen LogP contribution in [0.1, 0.15) is 25.7 Å². The van der Waals surface area contributed by atoms with E-state index in [1.807, 2.05) is 4.90 Å². The van der Waals surface area contributed by atoms with Crippen LogP contribution in [0.2, 0.25) is 0 Å². The normalized spacial score (nSPS) is 31.4. The van der Waals surface area contributed by atoms with E-state index in [2.05, 4.69) is 18.1 Å². The van der Waals surface area contributed by atoms with Crippen molar-refractivity contribution in [2.75, 3.05) is 65.7 Å². The SMILES string of the molecule is C=CCOC(=O)[C@@H]1[C@H]2C(=O)N(CCCCO)C(C(=O)N(CC=C)CCN3CCOCC3)C23CC[C@H]1S3. The lowest BCUT2D eigenvalue weighted by molar-refractivity contribution is -0.153. The molecule has 0 radical (unpaired) electrons. The number of likely N-dealkylation sites (tertiary alicyclic amines) is 1. The summed E-state index contributed by atoms with van der Waals surface area (Å²) in [6, 6.07) is -0.634. The Morgan fingerprint density at radius 2 is 2.00 bits per heavy atom. The highest BCUT2D eigenvalue weighted by Crippen LogP contribution is 2.66. The highest BCUT2D eigenvalue weighted by atomic mass is 32.2. The Hall–Kier alpha value is -1.88. The van der Waals surface area contributed by atoms with Gasteiger partial charge in [-0.25, -0.2) is 0 Å². The highest BCUT2D eigenvalue weighted by molar-refractivity contribution is 8.02. The van der Waals surface area contributed by atoms with Crippen molar-refractivity contribution in [3.05, 3.63) is 25.3 Å². The van der Waals surface area contributed by atoms with Gasteiger partial charge in [0.25, 0.3) is 0 Å². The third-order valence-corrected chi connectivity index (χ3v) is 9.86. The monoisotopic (exact) mass is 521 g/mol. The number of unbranched alkanes of at least 4 members (excludes halogenated alkanes) is 1. The molecule has 0 aliphatic carbocycles. The minimum atomic E-state index is -0.634. The maximum absolute atomic E-state index is 14.2. The van der Waals surface area contributed by atoms with Crippen molar-refractivity contribution < 1.29 is 29.0 Å². The fourth-order valence-corrected chi connectivity index (χ4v) is 8.48. The van der Waals surface area contributed by atoms with E-state index >= 15 is 0 Å². The van der Waals surface area contributed by atoms with Crippen molar-refractivity contribution in [3.63, 3.8) is 0 Å². The summed E-state index contributed by atoms with van der Waals surface area (Å²) < 4.78 is 10.2. The second-order valence-electron chi connectivity index (χ2n) is 9.96. The number of morpholine rings is 1. The first-order valence-corrected chi connectivity index (χ1v) is 13.9. The number of hydrogen-bond donors (Lipinski definition) is 1. The largest absolute Gasteiger partial charge is 0.461 e. The van der Waals surface area contributed by atoms with Gasteiger partial charge in [0.15, 0.2) is 0 Å². The third kappa shape index (κ3) is 5.10. The number of carbonyl (C=O) groups excluding carboxylic acids is 3. The van der Waals surface area contributed by atoms with Gasteiger partial charge in [0.1, 0.15) is 12.6 Å². The van der Waals surface area contributed by atoms with Crippen LogP contribution < -0.4 is 0 Å². The fraction of sp³-hybridized carbons (Fsp3) is 0.731. The molecule has 36 heavy (non-hydrogen) atoms. The Bertz CT molecular complexity index is 850. The van der Waals surface area contributed by atoms with Crippen LogP contribution in [0.3, 0.4) is 0 Å². The molecule has 4 fully saturated rings. The zero-order valence-electron chi connectivity index (χ0n) is 21.0. The molecule has 0 aromatic heterocycles. The van der Waals surface area contributed by atoms with Crippen molar-refractivity contribution in [1.82, 2.24) is 14.7 Å². The number of fused-ring (bicyclic) bond motifs is 1. The number of carbonyl (C=O) groups is 3. The van der Waals surface area contributed by atoms with Crippen molar-refractivity contribution in [2.24, 2.45) is 11.8 Å². The van der Waals surface area contributed by atoms with Gasteiger partial charge in [-0.15, -0.1) is 18.3 Å². The van der Waals surface area contributed by atoms with Gasteiger partial charge in [0, 0.05) is 51.1 Å². The fourth-order valence-electron chi connectivity index (χ4n) is 6.28. The van der Waals surface area contributed by atoms with Crippen LogP contribution in [0.4, 0.5) is 0 Å². The number of ether oxygens (including phenoxy) is 2. The van der Waals surface area contributed by atoms with Crippen LogP contribution in [0, 0.1) is 11.8 Å². The van der Waals surface area contributed by atoms with Gasteiger partial charge in [-0.1, -0.05) is 18.7 Å². The first kappa shape index (κ1) is 27.2. The Morgan fingerprint density at radius 1 is 1.22 bits per heavy atom. The van der Waals surface area contributed by atoms with E-state index in [0.717, 1.165) is 32.5 Å². The Morgan fingerprint density at radius 3 is 2.69 bits per heavy atom. The lowest BCUT2D eigenvalue weighted by Crippen LogP contribution is -2.56. The van der Waals surface area contributed by atoms with Crippen LogP contribution in [-0.2, 0) is 23.9 Å². The number of hydrogen-bond acceptors (Lipinski definition) is 8. The summed E-state index contributed by atoms with van der Waals surface area (Å²) in [6.45, 7) is 12.7. The number of aliphatic hydroxyl groups is 1. The van der Waals surface area contributed by atoms with Crippen LogP contribution in [0.15, 0.2) is 25.3 Å². The molecule has 0 saturated carbocycles. The number of rotatable bonds is 13. The van der Waals surface area contributed by atoms with Crippen molar-refractivity contribution in [3.8, 4) is 0 Å². The van der Waals surface area contributed by atoms with E-state index in [1.165, 1.54) is 6.08 Å². The zero-order valence-corrected chi connectivity index (χ0v) is 21.8. The second kappa shape index (κ2) is 12.1. The lowest BCUT2D eigenvalue weighted by atomic mass is 9.71. The minimum absolute atomic E-state index is 0.0210. The Balaban J connectivity index is 1.59. The summed E-state index contributed by atoms with van der Waals surface area (Å²) in [5, 5.41) is 9.30. The molecule has 0 aromatic rings. The number of thioether (sulfide) groups is 1. The molecule has 4 aliphatic rings. The Labute approximate surface area is 217 Å². The molecule has 10 heteroatoms. The minimum Gasteiger partial charge on any atom is -0.461 e. The molecular weight excluding hydrogens is 482 g/mol. The standard InChI is InChI=1S/C26H39N3O6S/c1-3-9-28(12-11-27-13-17-34-18-14-27)24(32)22-26-8-7-19(36-26)20(25(33)35-16-4-2)21(26)23(31)29(22)10-5-6-15-30/h3-4,19-22,30H,1-2,5-18H2/t19-,20+,21+,22?,26?/m1/s1. The predicted molar refractivity (Wildman–Crippen MR) is 137 cm³/mol. The molecule has 1 spiro atoms. The molecule has 9 nitrogen and oxygen atoms in total. The quantitative estimate of drug-likeness (QED) is 0.217. The van der Waals surface area contributed by atoms with E-state index in [4.69, 9.17) is 9.47 Å². The lowest BCUT2D eigenvalue weighted by Gasteiger charge is -2.38. The molecule has 2 bridgehead atoms. The van der Waals surface area contributed by atoms with Crippen LogP contribution in [0.25, 0.3) is 0 Å². The average molecular weight is 522 g/mol. The first-order valence-electron chi connectivity index (χ1n) is 13.0. The number of esters is 1. The van der Waals surface area contributed by atoms with E-state index < -0.39 is 22.6 Å². The summed E-state index contributed by atoms with van der Waals surface area (Å²) in [6.07, 6.45) is 5.92. The van der Waals surface area contributed by atoms with Gasteiger partial charge in [0.05, 0.1) is 29.8 Å². The Kier molecular flexibility index (Phi) is 9.14. The number of amides is 2. The molecule has 1 N–H and O–H groups in total. The average Bonchev–Trinajstić information content (AvgIpc) is 3.53. The van der Waals surface area contributed by atoms with Crippen LogP contribution in [0.5, 0.6) is 0 Å². The van der Waals surface area contributed by atoms with Gasteiger partial charge >= 0.3 is 5.97 Å². The first-order chi connectivity index (χ1) is 17.5. The van der Waals surface area contributed by atoms with Gasteiger partial charge in [-0.2, -0.15) is 0 Å². The molecule has 4 aliphatic heterocycles. The number of nitrogens with zero attached hydrogens (tertiary/aromatic N) is 3. The molecule has 2 amide bonds. The molecule has 4 rings (SSSR count). The maximum Gasteiger partial charge on any atom is 0.311 e. The van der Waals surface area contributed by atoms with Gasteiger partial charge < -0.3 is 24.4 Å². The van der Waals surface area contributed by atoms with Crippen LogP contribution in [-0.4, -0.2) is 119 Å². The van der Waals surface area contributed by atoms with Crippen molar-refractivity contribution in [1.29, 1.82) is 0 Å². The van der Waals surface area contributed by atoms with Crippen LogP contribution >= 0.6 is 11.8 Å². The summed E-state index contributed by atoms with van der Waals surface area (Å²) in [5.74, 6) is -1.68. The molecule has 200 valence electrons.